The van der Waals surface area contributed by atoms with E-state index in [0.717, 1.165) is 5.56 Å². The number of benzene rings is 2. The number of aryl methyl sites for hydroxylation is 1. The van der Waals surface area contributed by atoms with E-state index in [1.807, 2.05) is 44.2 Å². The maximum absolute atomic E-state index is 12.3. The monoisotopic (exact) mass is 341 g/mol. The molecular weight excluding hydrogens is 318 g/mol. The maximum Gasteiger partial charge on any atom is 0.348 e. The molecule has 5 heteroatoms. The number of para-hydroxylation sites is 1. The summed E-state index contributed by atoms with van der Waals surface area (Å²) in [6.07, 6.45) is -1.22. The van der Waals surface area contributed by atoms with E-state index in [-0.39, 0.29) is 5.91 Å². The summed E-state index contributed by atoms with van der Waals surface area (Å²) in [5.41, 5.74) is 1.76. The summed E-state index contributed by atoms with van der Waals surface area (Å²) >= 11 is 0. The highest BCUT2D eigenvalue weighted by atomic mass is 16.6. The highest BCUT2D eigenvalue weighted by Crippen LogP contribution is 2.14. The number of nitrogens with one attached hydrogen (secondary N) is 1. The van der Waals surface area contributed by atoms with Gasteiger partial charge in [0.25, 0.3) is 5.91 Å². The highest BCUT2D eigenvalue weighted by molar-refractivity contribution is 5.95. The quantitative estimate of drug-likeness (QED) is 0.780. The number of carbonyl (C=O) groups excluding carboxylic acids is 2. The minimum atomic E-state index is -0.915. The number of carbonyl (C=O) groups is 2. The number of hydrogen-bond acceptors (Lipinski definition) is 4. The Kier molecular flexibility index (Phi) is 6.57. The zero-order valence-corrected chi connectivity index (χ0v) is 14.7. The molecule has 2 atom stereocenters. The van der Waals surface area contributed by atoms with Gasteiger partial charge in [0.1, 0.15) is 5.75 Å². The molecule has 0 bridgehead atoms. The first-order valence-corrected chi connectivity index (χ1v) is 8.29. The Balaban J connectivity index is 1.90. The summed E-state index contributed by atoms with van der Waals surface area (Å²) in [4.78, 5) is 24.4. The van der Waals surface area contributed by atoms with Gasteiger partial charge in [-0.05, 0) is 44.5 Å². The zero-order chi connectivity index (χ0) is 18.2. The normalized spacial score (nSPS) is 12.8. The Hall–Kier alpha value is -2.82. The van der Waals surface area contributed by atoms with E-state index in [1.54, 1.807) is 24.3 Å². The second-order valence-corrected chi connectivity index (χ2v) is 5.76. The average Bonchev–Trinajstić information content (AvgIpc) is 2.62. The van der Waals surface area contributed by atoms with Gasteiger partial charge in [0.2, 0.25) is 0 Å². The molecular formula is C20H23NO4. The fraction of sp³-hybridized carbons (Fsp3) is 0.300. The summed E-state index contributed by atoms with van der Waals surface area (Å²) in [5, 5.41) is 2.72. The van der Waals surface area contributed by atoms with Crippen molar-refractivity contribution in [3.05, 3.63) is 60.2 Å². The van der Waals surface area contributed by atoms with E-state index in [0.29, 0.717) is 17.9 Å². The van der Waals surface area contributed by atoms with Crippen LogP contribution in [0.3, 0.4) is 0 Å². The van der Waals surface area contributed by atoms with Gasteiger partial charge in [-0.2, -0.15) is 0 Å². The Morgan fingerprint density at radius 1 is 1.04 bits per heavy atom. The lowest BCUT2D eigenvalue weighted by atomic mass is 10.2. The smallest absolute Gasteiger partial charge is 0.348 e. The van der Waals surface area contributed by atoms with Crippen molar-refractivity contribution in [1.82, 2.24) is 0 Å². The predicted molar refractivity (Wildman–Crippen MR) is 96.5 cm³/mol. The molecule has 0 radical (unpaired) electrons. The van der Waals surface area contributed by atoms with Crippen molar-refractivity contribution in [1.29, 1.82) is 0 Å². The van der Waals surface area contributed by atoms with E-state index < -0.39 is 18.2 Å². The standard InChI is InChI=1S/C20H23NO4/c1-4-18(25-17-8-6-5-7-9-17)20(23)24-15(3)19(22)21-16-12-10-14(2)11-13-16/h5-13,15,18H,4H2,1-3H3,(H,21,22)/t15-,18-/m0/s1. The molecule has 0 heterocycles. The first-order valence-electron chi connectivity index (χ1n) is 8.29. The van der Waals surface area contributed by atoms with Gasteiger partial charge in [-0.1, -0.05) is 42.8 Å². The molecule has 25 heavy (non-hydrogen) atoms. The number of hydrogen-bond donors (Lipinski definition) is 1. The van der Waals surface area contributed by atoms with Crippen molar-refractivity contribution in [2.75, 3.05) is 5.32 Å². The molecule has 5 nitrogen and oxygen atoms in total. The minimum absolute atomic E-state index is 0.383. The zero-order valence-electron chi connectivity index (χ0n) is 14.7. The summed E-state index contributed by atoms with van der Waals surface area (Å²) in [5.74, 6) is -0.354. The molecule has 0 saturated heterocycles. The van der Waals surface area contributed by atoms with Crippen LogP contribution in [-0.2, 0) is 14.3 Å². The number of rotatable bonds is 7. The van der Waals surface area contributed by atoms with Crippen LogP contribution >= 0.6 is 0 Å². The Morgan fingerprint density at radius 2 is 1.68 bits per heavy atom. The van der Waals surface area contributed by atoms with Crippen LogP contribution in [0, 0.1) is 6.92 Å². The van der Waals surface area contributed by atoms with Crippen LogP contribution < -0.4 is 10.1 Å². The highest BCUT2D eigenvalue weighted by Gasteiger charge is 2.25. The van der Waals surface area contributed by atoms with E-state index in [9.17, 15) is 9.59 Å². The van der Waals surface area contributed by atoms with E-state index in [1.165, 1.54) is 6.92 Å². The van der Waals surface area contributed by atoms with Gasteiger partial charge >= 0.3 is 5.97 Å². The molecule has 0 aliphatic carbocycles. The molecule has 0 spiro atoms. The number of anilines is 1. The van der Waals surface area contributed by atoms with Crippen molar-refractivity contribution in [3.8, 4) is 5.75 Å². The number of esters is 1. The van der Waals surface area contributed by atoms with Gasteiger partial charge in [-0.3, -0.25) is 4.79 Å². The second-order valence-electron chi connectivity index (χ2n) is 5.76. The van der Waals surface area contributed by atoms with Crippen LogP contribution in [-0.4, -0.2) is 24.1 Å². The first-order chi connectivity index (χ1) is 12.0. The summed E-state index contributed by atoms with van der Waals surface area (Å²) in [6, 6.07) is 16.4. The van der Waals surface area contributed by atoms with Crippen LogP contribution in [0.25, 0.3) is 0 Å². The van der Waals surface area contributed by atoms with E-state index in [4.69, 9.17) is 9.47 Å². The molecule has 2 rings (SSSR count). The lowest BCUT2D eigenvalue weighted by Gasteiger charge is -2.19. The maximum atomic E-state index is 12.3. The van der Waals surface area contributed by atoms with Gasteiger partial charge < -0.3 is 14.8 Å². The molecule has 0 aliphatic heterocycles. The number of amides is 1. The van der Waals surface area contributed by atoms with Gasteiger partial charge in [0, 0.05) is 5.69 Å². The first kappa shape index (κ1) is 18.5. The van der Waals surface area contributed by atoms with Crippen LogP contribution in [0.15, 0.2) is 54.6 Å². The third-order valence-electron chi connectivity index (χ3n) is 3.64. The Bertz CT molecular complexity index is 697. The van der Waals surface area contributed by atoms with E-state index >= 15 is 0 Å². The SMILES string of the molecule is CC[C@H](Oc1ccccc1)C(=O)O[C@@H](C)C(=O)Nc1ccc(C)cc1. The topological polar surface area (TPSA) is 64.6 Å². The third-order valence-corrected chi connectivity index (χ3v) is 3.64. The van der Waals surface area contributed by atoms with Gasteiger partial charge in [0.05, 0.1) is 0 Å². The lowest BCUT2D eigenvalue weighted by Crippen LogP contribution is -2.36. The fourth-order valence-corrected chi connectivity index (χ4v) is 2.15. The summed E-state index contributed by atoms with van der Waals surface area (Å²) < 4.78 is 10.9. The molecule has 1 amide bonds. The van der Waals surface area contributed by atoms with Crippen molar-refractivity contribution in [2.45, 2.75) is 39.4 Å². The third kappa shape index (κ3) is 5.64. The van der Waals surface area contributed by atoms with Crippen molar-refractivity contribution >= 4 is 17.6 Å². The summed E-state index contributed by atoms with van der Waals surface area (Å²) in [6.45, 7) is 5.33. The van der Waals surface area contributed by atoms with Gasteiger partial charge in [-0.25, -0.2) is 4.79 Å². The molecule has 2 aromatic rings. The molecule has 0 aliphatic rings. The molecule has 132 valence electrons. The molecule has 0 fully saturated rings. The summed E-state index contributed by atoms with van der Waals surface area (Å²) in [7, 11) is 0. The minimum Gasteiger partial charge on any atom is -0.479 e. The molecule has 1 N–H and O–H groups in total. The molecule has 0 aromatic heterocycles. The molecule has 0 saturated carbocycles. The lowest BCUT2D eigenvalue weighted by molar-refractivity contribution is -0.160. The van der Waals surface area contributed by atoms with Crippen LogP contribution in [0.1, 0.15) is 25.8 Å². The van der Waals surface area contributed by atoms with Crippen molar-refractivity contribution in [2.24, 2.45) is 0 Å². The molecule has 2 aromatic carbocycles. The van der Waals surface area contributed by atoms with Gasteiger partial charge in [-0.15, -0.1) is 0 Å². The van der Waals surface area contributed by atoms with Crippen LogP contribution in [0.2, 0.25) is 0 Å². The van der Waals surface area contributed by atoms with Crippen molar-refractivity contribution < 1.29 is 19.1 Å². The van der Waals surface area contributed by atoms with Gasteiger partial charge in [0.15, 0.2) is 12.2 Å². The average molecular weight is 341 g/mol. The Morgan fingerprint density at radius 3 is 2.28 bits per heavy atom. The largest absolute Gasteiger partial charge is 0.479 e. The predicted octanol–water partition coefficient (Wildman–Crippen LogP) is 3.72. The fourth-order valence-electron chi connectivity index (χ4n) is 2.15. The van der Waals surface area contributed by atoms with Crippen LogP contribution in [0.4, 0.5) is 5.69 Å². The van der Waals surface area contributed by atoms with Crippen molar-refractivity contribution in [3.63, 3.8) is 0 Å². The Labute approximate surface area is 148 Å². The van der Waals surface area contributed by atoms with Crippen LogP contribution in [0.5, 0.6) is 5.75 Å². The second kappa shape index (κ2) is 8.87. The number of ether oxygens (including phenoxy) is 2. The molecule has 0 unspecified atom stereocenters. The van der Waals surface area contributed by atoms with E-state index in [2.05, 4.69) is 5.32 Å².